The zero-order valence-corrected chi connectivity index (χ0v) is 13.8. The first-order chi connectivity index (χ1) is 11.2. The molecule has 3 rings (SSSR count). The van der Waals surface area contributed by atoms with Gasteiger partial charge in [-0.05, 0) is 37.1 Å². The van der Waals surface area contributed by atoms with Gasteiger partial charge < -0.3 is 15.5 Å². The second kappa shape index (κ2) is 7.26. The lowest BCUT2D eigenvalue weighted by molar-refractivity contribution is 0.461. The number of rotatable bonds is 5. The fourth-order valence-electron chi connectivity index (χ4n) is 2.85. The highest BCUT2D eigenvalue weighted by Crippen LogP contribution is 2.22. The van der Waals surface area contributed by atoms with Crippen molar-refractivity contribution in [1.29, 1.82) is 0 Å². The molecule has 0 bridgehead atoms. The SMILES string of the molecule is CN(C)c1ccc(Nc2nncc(NC3CCCCC3)n2)cc1. The summed E-state index contributed by atoms with van der Waals surface area (Å²) in [7, 11) is 4.05. The first-order valence-corrected chi connectivity index (χ1v) is 8.21. The van der Waals surface area contributed by atoms with Gasteiger partial charge in [0, 0.05) is 31.5 Å². The summed E-state index contributed by atoms with van der Waals surface area (Å²) in [5.74, 6) is 1.31. The molecular weight excluding hydrogens is 288 g/mol. The maximum Gasteiger partial charge on any atom is 0.249 e. The molecule has 0 atom stereocenters. The molecule has 23 heavy (non-hydrogen) atoms. The van der Waals surface area contributed by atoms with E-state index in [1.165, 1.54) is 32.1 Å². The molecule has 1 aliphatic rings. The summed E-state index contributed by atoms with van der Waals surface area (Å²) in [6.07, 6.45) is 8.03. The fraction of sp³-hybridized carbons (Fsp3) is 0.471. The van der Waals surface area contributed by atoms with Gasteiger partial charge in [-0.25, -0.2) is 0 Å². The molecule has 1 fully saturated rings. The Balaban J connectivity index is 1.64. The van der Waals surface area contributed by atoms with Crippen LogP contribution in [0.5, 0.6) is 0 Å². The monoisotopic (exact) mass is 312 g/mol. The van der Waals surface area contributed by atoms with Crippen molar-refractivity contribution in [2.45, 2.75) is 38.1 Å². The van der Waals surface area contributed by atoms with Crippen LogP contribution in [-0.4, -0.2) is 35.3 Å². The van der Waals surface area contributed by atoms with Crippen molar-refractivity contribution in [1.82, 2.24) is 15.2 Å². The van der Waals surface area contributed by atoms with Crippen molar-refractivity contribution < 1.29 is 0 Å². The van der Waals surface area contributed by atoms with Gasteiger partial charge in [0.25, 0.3) is 0 Å². The van der Waals surface area contributed by atoms with Crippen molar-refractivity contribution in [3.8, 4) is 0 Å². The smallest absolute Gasteiger partial charge is 0.249 e. The van der Waals surface area contributed by atoms with Gasteiger partial charge >= 0.3 is 0 Å². The average Bonchev–Trinajstić information content (AvgIpc) is 2.57. The summed E-state index contributed by atoms with van der Waals surface area (Å²) in [6, 6.07) is 8.65. The quantitative estimate of drug-likeness (QED) is 0.882. The summed E-state index contributed by atoms with van der Waals surface area (Å²) in [5.41, 5.74) is 2.11. The number of nitrogens with one attached hydrogen (secondary N) is 2. The lowest BCUT2D eigenvalue weighted by atomic mass is 9.96. The second-order valence-electron chi connectivity index (χ2n) is 6.21. The van der Waals surface area contributed by atoms with Crippen LogP contribution in [0.2, 0.25) is 0 Å². The van der Waals surface area contributed by atoms with Crippen LogP contribution in [-0.2, 0) is 0 Å². The highest BCUT2D eigenvalue weighted by atomic mass is 15.3. The highest BCUT2D eigenvalue weighted by molar-refractivity contribution is 5.59. The third kappa shape index (κ3) is 4.31. The van der Waals surface area contributed by atoms with Crippen molar-refractivity contribution in [3.63, 3.8) is 0 Å². The van der Waals surface area contributed by atoms with E-state index in [0.29, 0.717) is 12.0 Å². The van der Waals surface area contributed by atoms with Gasteiger partial charge in [-0.2, -0.15) is 10.1 Å². The van der Waals surface area contributed by atoms with Gasteiger partial charge in [0.05, 0.1) is 6.20 Å². The number of hydrogen-bond donors (Lipinski definition) is 2. The zero-order chi connectivity index (χ0) is 16.1. The van der Waals surface area contributed by atoms with Crippen LogP contribution in [0.25, 0.3) is 0 Å². The van der Waals surface area contributed by atoms with Crippen molar-refractivity contribution in [3.05, 3.63) is 30.5 Å². The molecule has 1 aromatic carbocycles. The first kappa shape index (κ1) is 15.5. The maximum absolute atomic E-state index is 4.51. The Morgan fingerprint density at radius 3 is 2.48 bits per heavy atom. The molecule has 2 aromatic rings. The van der Waals surface area contributed by atoms with Gasteiger partial charge in [-0.3, -0.25) is 0 Å². The normalized spacial score (nSPS) is 15.2. The molecule has 0 unspecified atom stereocenters. The minimum Gasteiger partial charge on any atom is -0.378 e. The second-order valence-corrected chi connectivity index (χ2v) is 6.21. The van der Waals surface area contributed by atoms with Gasteiger partial charge in [-0.15, -0.1) is 5.10 Å². The van der Waals surface area contributed by atoms with Gasteiger partial charge in [-0.1, -0.05) is 19.3 Å². The average molecular weight is 312 g/mol. The van der Waals surface area contributed by atoms with E-state index in [1.807, 2.05) is 26.2 Å². The Morgan fingerprint density at radius 2 is 1.78 bits per heavy atom. The Bertz CT molecular complexity index is 619. The molecule has 0 saturated heterocycles. The Hall–Kier alpha value is -2.37. The fourth-order valence-corrected chi connectivity index (χ4v) is 2.85. The summed E-state index contributed by atoms with van der Waals surface area (Å²) in [5, 5.41) is 14.8. The molecular formula is C17H24N6. The van der Waals surface area contributed by atoms with Crippen LogP contribution in [0.1, 0.15) is 32.1 Å². The van der Waals surface area contributed by atoms with Gasteiger partial charge in [0.2, 0.25) is 5.95 Å². The van der Waals surface area contributed by atoms with E-state index in [-0.39, 0.29) is 0 Å². The molecule has 0 amide bonds. The van der Waals surface area contributed by atoms with Crippen LogP contribution < -0.4 is 15.5 Å². The third-order valence-corrected chi connectivity index (χ3v) is 4.16. The van der Waals surface area contributed by atoms with E-state index < -0.39 is 0 Å². The van der Waals surface area contributed by atoms with E-state index in [9.17, 15) is 0 Å². The molecule has 2 N–H and O–H groups in total. The Morgan fingerprint density at radius 1 is 1.04 bits per heavy atom. The number of nitrogens with zero attached hydrogens (tertiary/aromatic N) is 4. The molecule has 122 valence electrons. The molecule has 1 heterocycles. The van der Waals surface area contributed by atoms with Crippen LogP contribution in [0.15, 0.2) is 30.5 Å². The van der Waals surface area contributed by atoms with Crippen LogP contribution in [0, 0.1) is 0 Å². The van der Waals surface area contributed by atoms with Gasteiger partial charge in [0.1, 0.15) is 0 Å². The third-order valence-electron chi connectivity index (χ3n) is 4.16. The number of benzene rings is 1. The van der Waals surface area contributed by atoms with E-state index in [2.05, 4.69) is 42.8 Å². The van der Waals surface area contributed by atoms with Crippen LogP contribution in [0.3, 0.4) is 0 Å². The summed E-state index contributed by atoms with van der Waals surface area (Å²) >= 11 is 0. The predicted molar refractivity (Wildman–Crippen MR) is 94.4 cm³/mol. The van der Waals surface area contributed by atoms with Gasteiger partial charge in [0.15, 0.2) is 5.82 Å². The molecule has 6 nitrogen and oxygen atoms in total. The minimum atomic E-state index is 0.507. The number of aromatic nitrogens is 3. The number of anilines is 4. The highest BCUT2D eigenvalue weighted by Gasteiger charge is 2.14. The molecule has 1 aromatic heterocycles. The van der Waals surface area contributed by atoms with E-state index >= 15 is 0 Å². The molecule has 6 heteroatoms. The summed E-state index contributed by atoms with van der Waals surface area (Å²) < 4.78 is 0. The first-order valence-electron chi connectivity index (χ1n) is 8.21. The Kier molecular flexibility index (Phi) is 4.90. The van der Waals surface area contributed by atoms with E-state index in [0.717, 1.165) is 17.2 Å². The molecule has 0 spiro atoms. The summed E-state index contributed by atoms with van der Waals surface area (Å²) in [6.45, 7) is 0. The largest absolute Gasteiger partial charge is 0.378 e. The lowest BCUT2D eigenvalue weighted by Gasteiger charge is -2.23. The molecule has 0 radical (unpaired) electrons. The van der Waals surface area contributed by atoms with Crippen LogP contribution in [0.4, 0.5) is 23.1 Å². The maximum atomic E-state index is 4.51. The zero-order valence-electron chi connectivity index (χ0n) is 13.8. The van der Waals surface area contributed by atoms with E-state index in [4.69, 9.17) is 0 Å². The lowest BCUT2D eigenvalue weighted by Crippen LogP contribution is -2.23. The molecule has 0 aliphatic heterocycles. The minimum absolute atomic E-state index is 0.507. The predicted octanol–water partition coefficient (Wildman–Crippen LogP) is 3.43. The van der Waals surface area contributed by atoms with Crippen molar-refractivity contribution in [2.24, 2.45) is 0 Å². The number of hydrogen-bond acceptors (Lipinski definition) is 6. The summed E-state index contributed by atoms with van der Waals surface area (Å²) in [4.78, 5) is 6.58. The molecule has 1 saturated carbocycles. The van der Waals surface area contributed by atoms with Crippen LogP contribution >= 0.6 is 0 Å². The standard InChI is InChI=1S/C17H24N6/c1-23(2)15-10-8-14(9-11-15)20-17-21-16(12-18-22-17)19-13-6-4-3-5-7-13/h8-13H,3-7H2,1-2H3,(H2,19,20,21,22). The topological polar surface area (TPSA) is 66.0 Å². The van der Waals surface area contributed by atoms with Crippen molar-refractivity contribution in [2.75, 3.05) is 29.6 Å². The van der Waals surface area contributed by atoms with Crippen molar-refractivity contribution >= 4 is 23.1 Å². The Labute approximate surface area is 137 Å². The molecule has 1 aliphatic carbocycles. The van der Waals surface area contributed by atoms with E-state index in [1.54, 1.807) is 6.20 Å².